The summed E-state index contributed by atoms with van der Waals surface area (Å²) in [6.07, 6.45) is 7.51. The quantitative estimate of drug-likeness (QED) is 0.806. The molecule has 1 fully saturated rings. The number of H-pyrrole nitrogens is 1. The van der Waals surface area contributed by atoms with Crippen LogP contribution in [0.5, 0.6) is 5.75 Å². The number of ether oxygens (including phenoxy) is 1. The molecule has 1 aromatic carbocycles. The number of benzene rings is 1. The Morgan fingerprint density at radius 1 is 1.07 bits per heavy atom. The topological polar surface area (TPSA) is 65.6 Å². The van der Waals surface area contributed by atoms with Gasteiger partial charge in [0.2, 0.25) is 5.91 Å². The summed E-state index contributed by atoms with van der Waals surface area (Å²) in [6.45, 7) is 1.91. The molecule has 2 aromatic rings. The molecule has 0 aliphatic carbocycles. The number of hydrogen-bond acceptors (Lipinski definition) is 3. The fraction of sp³-hybridized carbons (Fsp3) is 0.478. The number of carbonyl (C=O) groups is 2. The first-order chi connectivity index (χ1) is 14.2. The third kappa shape index (κ3) is 4.81. The Labute approximate surface area is 171 Å². The average Bonchev–Trinajstić information content (AvgIpc) is 3.29. The summed E-state index contributed by atoms with van der Waals surface area (Å²) in [5.74, 6) is 0.797. The van der Waals surface area contributed by atoms with E-state index in [1.165, 1.54) is 5.56 Å². The van der Waals surface area contributed by atoms with Crippen molar-refractivity contribution in [1.82, 2.24) is 14.8 Å². The zero-order valence-corrected chi connectivity index (χ0v) is 16.8. The number of amides is 2. The highest BCUT2D eigenvalue weighted by Crippen LogP contribution is 2.23. The molecule has 2 aliphatic heterocycles. The van der Waals surface area contributed by atoms with E-state index < -0.39 is 0 Å². The third-order valence-corrected chi connectivity index (χ3v) is 5.89. The zero-order chi connectivity index (χ0) is 20.1. The Bertz CT molecular complexity index is 834. The fourth-order valence-corrected chi connectivity index (χ4v) is 4.34. The van der Waals surface area contributed by atoms with Gasteiger partial charge < -0.3 is 19.5 Å². The smallest absolute Gasteiger partial charge is 0.270 e. The lowest BCUT2D eigenvalue weighted by molar-refractivity contribution is -0.135. The summed E-state index contributed by atoms with van der Waals surface area (Å²) in [5.41, 5.74) is 1.77. The van der Waals surface area contributed by atoms with Gasteiger partial charge in [0.05, 0.1) is 6.61 Å². The van der Waals surface area contributed by atoms with E-state index in [0.717, 1.165) is 44.4 Å². The van der Waals surface area contributed by atoms with Gasteiger partial charge in [-0.15, -0.1) is 0 Å². The summed E-state index contributed by atoms with van der Waals surface area (Å²) in [4.78, 5) is 32.7. The van der Waals surface area contributed by atoms with Crippen LogP contribution in [0.25, 0.3) is 0 Å². The molecule has 1 unspecified atom stereocenters. The maximum Gasteiger partial charge on any atom is 0.270 e. The first-order valence-corrected chi connectivity index (χ1v) is 10.6. The molecule has 2 amide bonds. The molecule has 154 valence electrons. The molecule has 0 saturated carbocycles. The van der Waals surface area contributed by atoms with Crippen LogP contribution < -0.4 is 4.74 Å². The Morgan fingerprint density at radius 2 is 2.00 bits per heavy atom. The summed E-state index contributed by atoms with van der Waals surface area (Å²) < 4.78 is 5.90. The van der Waals surface area contributed by atoms with Gasteiger partial charge in [0.1, 0.15) is 18.0 Å². The van der Waals surface area contributed by atoms with Crippen LogP contribution >= 0.6 is 0 Å². The second-order valence-corrected chi connectivity index (χ2v) is 7.94. The molecule has 29 heavy (non-hydrogen) atoms. The highest BCUT2D eigenvalue weighted by molar-refractivity contribution is 5.95. The van der Waals surface area contributed by atoms with Crippen molar-refractivity contribution < 1.29 is 14.3 Å². The van der Waals surface area contributed by atoms with Crippen molar-refractivity contribution in [2.24, 2.45) is 0 Å². The number of aromatic nitrogens is 1. The summed E-state index contributed by atoms with van der Waals surface area (Å²) in [6, 6.07) is 12.0. The predicted molar refractivity (Wildman–Crippen MR) is 111 cm³/mol. The Morgan fingerprint density at radius 3 is 2.86 bits per heavy atom. The van der Waals surface area contributed by atoms with Gasteiger partial charge in [0.25, 0.3) is 5.91 Å². The molecule has 4 rings (SSSR count). The summed E-state index contributed by atoms with van der Waals surface area (Å²) in [5, 5.41) is 0. The number of fused-ring (bicyclic) bond motifs is 3. The van der Waals surface area contributed by atoms with E-state index in [1.807, 2.05) is 17.0 Å². The normalized spacial score (nSPS) is 21.1. The van der Waals surface area contributed by atoms with Crippen LogP contribution in [0.2, 0.25) is 0 Å². The van der Waals surface area contributed by atoms with Gasteiger partial charge in [-0.1, -0.05) is 12.1 Å². The van der Waals surface area contributed by atoms with E-state index in [0.29, 0.717) is 25.3 Å². The van der Waals surface area contributed by atoms with E-state index >= 15 is 0 Å². The van der Waals surface area contributed by atoms with Crippen molar-refractivity contribution in [3.63, 3.8) is 0 Å². The maximum absolute atomic E-state index is 13.2. The lowest BCUT2D eigenvalue weighted by Gasteiger charge is -2.37. The maximum atomic E-state index is 13.2. The predicted octanol–water partition coefficient (Wildman–Crippen LogP) is 3.25. The molecule has 1 saturated heterocycles. The summed E-state index contributed by atoms with van der Waals surface area (Å²) >= 11 is 0. The SMILES string of the molecule is O=C(c1ccc[nH]1)N1CCCOc2cccc(c2)CCC2CCCCN2C(=O)C1. The standard InChI is InChI=1S/C23H29N3O3/c27-22-17-25(23(28)21-9-4-12-24-21)13-5-15-29-20-8-3-6-18(16-20)10-11-19-7-1-2-14-26(19)22/h3-4,6,8-9,12,16,19,24H,1-2,5,7,10-11,13-15,17H2. The number of piperidine rings is 1. The molecule has 3 heterocycles. The van der Waals surface area contributed by atoms with E-state index in [9.17, 15) is 9.59 Å². The highest BCUT2D eigenvalue weighted by Gasteiger charge is 2.29. The van der Waals surface area contributed by atoms with Crippen LogP contribution in [0, 0.1) is 0 Å². The van der Waals surface area contributed by atoms with E-state index in [-0.39, 0.29) is 24.4 Å². The van der Waals surface area contributed by atoms with E-state index in [1.54, 1.807) is 23.2 Å². The van der Waals surface area contributed by atoms with Gasteiger partial charge in [-0.25, -0.2) is 0 Å². The fourth-order valence-electron chi connectivity index (χ4n) is 4.34. The molecule has 2 bridgehead atoms. The Kier molecular flexibility index (Phi) is 6.17. The van der Waals surface area contributed by atoms with E-state index in [2.05, 4.69) is 17.1 Å². The molecule has 1 atom stereocenters. The van der Waals surface area contributed by atoms with Gasteiger partial charge in [0.15, 0.2) is 0 Å². The Balaban J connectivity index is 1.56. The number of hydrogen-bond donors (Lipinski definition) is 1. The molecule has 2 aliphatic rings. The van der Waals surface area contributed by atoms with Crippen LogP contribution in [-0.4, -0.2) is 58.9 Å². The molecule has 0 spiro atoms. The number of aryl methyl sites for hydroxylation is 1. The van der Waals surface area contributed by atoms with Crippen LogP contribution in [0.4, 0.5) is 0 Å². The number of rotatable bonds is 1. The van der Waals surface area contributed by atoms with Crippen LogP contribution in [0.1, 0.15) is 48.2 Å². The second-order valence-electron chi connectivity index (χ2n) is 7.94. The summed E-state index contributed by atoms with van der Waals surface area (Å²) in [7, 11) is 0. The first kappa shape index (κ1) is 19.6. The number of aromatic amines is 1. The zero-order valence-electron chi connectivity index (χ0n) is 16.8. The lowest BCUT2D eigenvalue weighted by Crippen LogP contribution is -2.49. The van der Waals surface area contributed by atoms with Gasteiger partial charge in [-0.3, -0.25) is 9.59 Å². The monoisotopic (exact) mass is 395 g/mol. The molecule has 1 aromatic heterocycles. The molecule has 6 nitrogen and oxygen atoms in total. The van der Waals surface area contributed by atoms with Crippen LogP contribution in [0.3, 0.4) is 0 Å². The minimum Gasteiger partial charge on any atom is -0.494 e. The van der Waals surface area contributed by atoms with Gasteiger partial charge in [-0.05, 0) is 68.4 Å². The van der Waals surface area contributed by atoms with Crippen molar-refractivity contribution in [2.45, 2.75) is 44.6 Å². The molecule has 6 heteroatoms. The number of nitrogens with one attached hydrogen (secondary N) is 1. The van der Waals surface area contributed by atoms with Crippen molar-refractivity contribution in [3.05, 3.63) is 53.9 Å². The van der Waals surface area contributed by atoms with Gasteiger partial charge in [0, 0.05) is 25.3 Å². The lowest BCUT2D eigenvalue weighted by atomic mass is 9.95. The average molecular weight is 396 g/mol. The molecule has 1 N–H and O–H groups in total. The van der Waals surface area contributed by atoms with Gasteiger partial charge >= 0.3 is 0 Å². The first-order valence-electron chi connectivity index (χ1n) is 10.6. The van der Waals surface area contributed by atoms with Crippen molar-refractivity contribution >= 4 is 11.8 Å². The number of nitrogens with zero attached hydrogens (tertiary/aromatic N) is 2. The van der Waals surface area contributed by atoms with Crippen LogP contribution in [-0.2, 0) is 11.2 Å². The van der Waals surface area contributed by atoms with Crippen molar-refractivity contribution in [1.29, 1.82) is 0 Å². The minimum atomic E-state index is -0.133. The van der Waals surface area contributed by atoms with Gasteiger partial charge in [-0.2, -0.15) is 0 Å². The minimum absolute atomic E-state index is 0.0568. The molecular weight excluding hydrogens is 366 g/mol. The molecular formula is C23H29N3O3. The van der Waals surface area contributed by atoms with Crippen molar-refractivity contribution in [3.8, 4) is 5.75 Å². The third-order valence-electron chi connectivity index (χ3n) is 5.89. The van der Waals surface area contributed by atoms with Crippen LogP contribution in [0.15, 0.2) is 42.6 Å². The van der Waals surface area contributed by atoms with E-state index in [4.69, 9.17) is 4.74 Å². The molecule has 0 radical (unpaired) electrons. The Hall–Kier alpha value is -2.76. The number of carbonyl (C=O) groups excluding carboxylic acids is 2. The highest BCUT2D eigenvalue weighted by atomic mass is 16.5. The second kappa shape index (κ2) is 9.16. The van der Waals surface area contributed by atoms with Crippen molar-refractivity contribution in [2.75, 3.05) is 26.2 Å². The largest absolute Gasteiger partial charge is 0.494 e.